The zero-order chi connectivity index (χ0) is 9.59. The Morgan fingerprint density at radius 1 is 1.62 bits per heavy atom. The number of aliphatic hydroxyl groups is 2. The molecule has 4 heteroatoms. The Balaban J connectivity index is 2.19. The third kappa shape index (κ3) is 1.16. The summed E-state index contributed by atoms with van der Waals surface area (Å²) in [6.07, 6.45) is -0.634. The van der Waals surface area contributed by atoms with Crippen molar-refractivity contribution in [2.24, 2.45) is 17.8 Å². The fourth-order valence-corrected chi connectivity index (χ4v) is 2.56. The summed E-state index contributed by atoms with van der Waals surface area (Å²) in [6.45, 7) is 1.91. The molecule has 0 bridgehead atoms. The van der Waals surface area contributed by atoms with E-state index in [2.05, 4.69) is 0 Å². The number of carbonyl (C=O) groups excluding carboxylic acids is 1. The lowest BCUT2D eigenvalue weighted by Crippen LogP contribution is -2.27. The van der Waals surface area contributed by atoms with E-state index in [1.807, 2.05) is 6.92 Å². The summed E-state index contributed by atoms with van der Waals surface area (Å²) in [7, 11) is 0. The van der Waals surface area contributed by atoms with Gasteiger partial charge in [0.2, 0.25) is 0 Å². The van der Waals surface area contributed by atoms with Crippen LogP contribution in [0.2, 0.25) is 0 Å². The summed E-state index contributed by atoms with van der Waals surface area (Å²) in [6, 6.07) is 0. The van der Waals surface area contributed by atoms with Gasteiger partial charge in [-0.1, -0.05) is 6.92 Å². The lowest BCUT2D eigenvalue weighted by Gasteiger charge is -2.17. The summed E-state index contributed by atoms with van der Waals surface area (Å²) in [4.78, 5) is 11.0. The van der Waals surface area contributed by atoms with Crippen molar-refractivity contribution >= 4 is 5.97 Å². The molecule has 0 spiro atoms. The normalized spacial score (nSPS) is 49.2. The van der Waals surface area contributed by atoms with Gasteiger partial charge in [-0.3, -0.25) is 4.79 Å². The van der Waals surface area contributed by atoms with Crippen LogP contribution < -0.4 is 0 Å². The molecule has 4 nitrogen and oxygen atoms in total. The van der Waals surface area contributed by atoms with Crippen LogP contribution >= 0.6 is 0 Å². The third-order valence-corrected chi connectivity index (χ3v) is 3.40. The average molecular weight is 186 g/mol. The number of rotatable bonds is 1. The molecule has 2 rings (SSSR count). The maximum Gasteiger partial charge on any atom is 0.306 e. The summed E-state index contributed by atoms with van der Waals surface area (Å²) in [5.41, 5.74) is 0. The first-order valence-electron chi connectivity index (χ1n) is 4.63. The van der Waals surface area contributed by atoms with Crippen LogP contribution in [0.15, 0.2) is 0 Å². The number of fused-ring (bicyclic) bond motifs is 1. The van der Waals surface area contributed by atoms with Gasteiger partial charge in [0.1, 0.15) is 6.10 Å². The molecule has 5 unspecified atom stereocenters. The minimum Gasteiger partial charge on any atom is -0.459 e. The molecule has 1 heterocycles. The maximum absolute atomic E-state index is 11.0. The minimum atomic E-state index is -0.603. The van der Waals surface area contributed by atoms with Crippen LogP contribution in [0.1, 0.15) is 13.3 Å². The Bertz CT molecular complexity index is 228. The Morgan fingerprint density at radius 2 is 2.31 bits per heavy atom. The van der Waals surface area contributed by atoms with Crippen LogP contribution in [0.25, 0.3) is 0 Å². The molecule has 1 aliphatic carbocycles. The van der Waals surface area contributed by atoms with Gasteiger partial charge in [0, 0.05) is 12.5 Å². The molecule has 0 aromatic heterocycles. The van der Waals surface area contributed by atoms with Gasteiger partial charge in [0.15, 0.2) is 0 Å². The minimum absolute atomic E-state index is 0.00597. The van der Waals surface area contributed by atoms with Crippen molar-refractivity contribution in [3.05, 3.63) is 0 Å². The molecule has 1 saturated carbocycles. The predicted octanol–water partition coefficient (Wildman–Crippen LogP) is -0.463. The van der Waals surface area contributed by atoms with Crippen LogP contribution in [0, 0.1) is 17.8 Å². The average Bonchev–Trinajstić information content (AvgIpc) is 2.54. The van der Waals surface area contributed by atoms with Gasteiger partial charge in [-0.15, -0.1) is 0 Å². The van der Waals surface area contributed by atoms with Crippen molar-refractivity contribution in [3.8, 4) is 0 Å². The number of esters is 1. The Kier molecular flexibility index (Phi) is 2.04. The predicted molar refractivity (Wildman–Crippen MR) is 43.7 cm³/mol. The largest absolute Gasteiger partial charge is 0.459 e. The molecule has 2 fully saturated rings. The molecule has 0 aromatic rings. The highest BCUT2D eigenvalue weighted by Gasteiger charge is 2.53. The van der Waals surface area contributed by atoms with E-state index in [1.165, 1.54) is 0 Å². The molecule has 0 aromatic carbocycles. The molecule has 1 aliphatic heterocycles. The fraction of sp³-hybridized carbons (Fsp3) is 0.889. The monoisotopic (exact) mass is 186 g/mol. The second-order valence-corrected chi connectivity index (χ2v) is 4.02. The molecule has 13 heavy (non-hydrogen) atoms. The molecule has 1 saturated heterocycles. The highest BCUT2D eigenvalue weighted by molar-refractivity contribution is 5.72. The van der Waals surface area contributed by atoms with Gasteiger partial charge in [-0.05, 0) is 11.8 Å². The molecule has 74 valence electrons. The smallest absolute Gasteiger partial charge is 0.306 e. The van der Waals surface area contributed by atoms with Crippen molar-refractivity contribution in [1.82, 2.24) is 0 Å². The maximum atomic E-state index is 11.0. The third-order valence-electron chi connectivity index (χ3n) is 3.40. The van der Waals surface area contributed by atoms with Gasteiger partial charge in [-0.2, -0.15) is 0 Å². The standard InChI is InChI=1S/C9H14O4/c1-4-6(3-10)5-2-7(11)13-9(5)8(4)12/h4-6,8-10,12H,2-3H2,1H3. The Morgan fingerprint density at radius 3 is 2.92 bits per heavy atom. The second kappa shape index (κ2) is 2.96. The van der Waals surface area contributed by atoms with Crippen molar-refractivity contribution in [3.63, 3.8) is 0 Å². The van der Waals surface area contributed by atoms with Crippen LogP contribution in [-0.2, 0) is 9.53 Å². The summed E-state index contributed by atoms with van der Waals surface area (Å²) in [5, 5.41) is 18.8. The van der Waals surface area contributed by atoms with Crippen molar-refractivity contribution in [2.75, 3.05) is 6.61 Å². The van der Waals surface area contributed by atoms with Crippen LogP contribution in [0.4, 0.5) is 0 Å². The van der Waals surface area contributed by atoms with Crippen LogP contribution in [-0.4, -0.2) is 35.0 Å². The first kappa shape index (κ1) is 8.97. The molecule has 2 N–H and O–H groups in total. The topological polar surface area (TPSA) is 66.8 Å². The van der Waals surface area contributed by atoms with Crippen LogP contribution in [0.5, 0.6) is 0 Å². The number of ether oxygens (including phenoxy) is 1. The van der Waals surface area contributed by atoms with E-state index in [9.17, 15) is 9.90 Å². The second-order valence-electron chi connectivity index (χ2n) is 4.02. The lowest BCUT2D eigenvalue weighted by molar-refractivity contribution is -0.145. The van der Waals surface area contributed by atoms with Gasteiger partial charge in [0.25, 0.3) is 0 Å². The highest BCUT2D eigenvalue weighted by Crippen LogP contribution is 2.44. The Labute approximate surface area is 76.5 Å². The first-order chi connectivity index (χ1) is 6.15. The molecule has 2 aliphatic rings. The van der Waals surface area contributed by atoms with E-state index in [4.69, 9.17) is 9.84 Å². The van der Waals surface area contributed by atoms with Gasteiger partial charge < -0.3 is 14.9 Å². The van der Waals surface area contributed by atoms with Gasteiger partial charge >= 0.3 is 5.97 Å². The molecule has 0 amide bonds. The number of hydrogen-bond acceptors (Lipinski definition) is 4. The van der Waals surface area contributed by atoms with E-state index in [0.717, 1.165) is 0 Å². The molecule has 0 radical (unpaired) electrons. The number of carbonyl (C=O) groups is 1. The van der Waals surface area contributed by atoms with Crippen molar-refractivity contribution in [1.29, 1.82) is 0 Å². The highest BCUT2D eigenvalue weighted by atomic mass is 16.6. The van der Waals surface area contributed by atoms with Gasteiger partial charge in [-0.25, -0.2) is 0 Å². The zero-order valence-electron chi connectivity index (χ0n) is 7.51. The molecule has 5 atom stereocenters. The Hall–Kier alpha value is -0.610. The number of aliphatic hydroxyl groups excluding tert-OH is 2. The SMILES string of the molecule is CC1C(O)C2OC(=O)CC2C1CO. The van der Waals surface area contributed by atoms with Crippen molar-refractivity contribution < 1.29 is 19.7 Å². The van der Waals surface area contributed by atoms with E-state index in [-0.39, 0.29) is 36.4 Å². The van der Waals surface area contributed by atoms with E-state index in [0.29, 0.717) is 6.42 Å². The van der Waals surface area contributed by atoms with E-state index < -0.39 is 6.10 Å². The molecular formula is C9H14O4. The van der Waals surface area contributed by atoms with E-state index >= 15 is 0 Å². The summed E-state index contributed by atoms with van der Waals surface area (Å²) >= 11 is 0. The fourth-order valence-electron chi connectivity index (χ4n) is 2.56. The van der Waals surface area contributed by atoms with Crippen molar-refractivity contribution in [2.45, 2.75) is 25.6 Å². The zero-order valence-corrected chi connectivity index (χ0v) is 7.51. The van der Waals surface area contributed by atoms with E-state index in [1.54, 1.807) is 0 Å². The molecular weight excluding hydrogens is 172 g/mol. The quantitative estimate of drug-likeness (QED) is 0.544. The van der Waals surface area contributed by atoms with Gasteiger partial charge in [0.05, 0.1) is 12.5 Å². The first-order valence-corrected chi connectivity index (χ1v) is 4.63. The summed E-state index contributed by atoms with van der Waals surface area (Å²) in [5.74, 6) is -0.207. The lowest BCUT2D eigenvalue weighted by atomic mass is 9.89. The summed E-state index contributed by atoms with van der Waals surface area (Å²) < 4.78 is 5.00. The number of hydrogen-bond donors (Lipinski definition) is 2. The van der Waals surface area contributed by atoms with Crippen LogP contribution in [0.3, 0.4) is 0 Å².